The van der Waals surface area contributed by atoms with Crippen LogP contribution in [0, 0.1) is 17.2 Å². The first kappa shape index (κ1) is 30.6. The third-order valence-electron chi connectivity index (χ3n) is 9.21. The van der Waals surface area contributed by atoms with Gasteiger partial charge < -0.3 is 32.2 Å². The van der Waals surface area contributed by atoms with Crippen molar-refractivity contribution in [3.8, 4) is 17.6 Å². The number of thiophene rings is 1. The smallest absolute Gasteiger partial charge is 0.264 e. The molecule has 3 unspecified atom stereocenters. The number of hydrogen-bond donors (Lipinski definition) is 4. The highest BCUT2D eigenvalue weighted by atomic mass is 32.1. The Bertz CT molecular complexity index is 2000. The molecule has 7 rings (SSSR count). The number of Topliss-reactive ketones (excluding diaryl/α,β-unsaturated/α-hetero) is 1. The Morgan fingerprint density at radius 2 is 1.83 bits per heavy atom. The van der Waals surface area contributed by atoms with Crippen molar-refractivity contribution in [3.05, 3.63) is 99.9 Å². The van der Waals surface area contributed by atoms with Gasteiger partial charge >= 0.3 is 0 Å². The molecule has 47 heavy (non-hydrogen) atoms. The summed E-state index contributed by atoms with van der Waals surface area (Å²) in [7, 11) is 0. The molecule has 2 heterocycles. The number of piperidine rings is 1. The van der Waals surface area contributed by atoms with E-state index in [2.05, 4.69) is 5.32 Å². The molecule has 1 saturated heterocycles. The SMILES string of the molecule is N#C/C(=C\C1CC1)C(=O)N1CCCC(NC(=O)c2sc3c(N)ccc4c3c2C(N)C(=O)C4(N)c2cccc(Oc3ccccc3)c2)C1. The lowest BCUT2D eigenvalue weighted by Crippen LogP contribution is -2.53. The minimum atomic E-state index is -1.63. The van der Waals surface area contributed by atoms with Gasteiger partial charge in [0.2, 0.25) is 0 Å². The van der Waals surface area contributed by atoms with Crippen LogP contribution < -0.4 is 27.3 Å². The number of nitrogens with two attached hydrogens (primary N) is 3. The number of nitrogens with zero attached hydrogens (tertiary/aromatic N) is 2. The molecule has 11 heteroatoms. The Morgan fingerprint density at radius 1 is 1.06 bits per heavy atom. The van der Waals surface area contributed by atoms with Crippen molar-refractivity contribution in [1.29, 1.82) is 5.26 Å². The fourth-order valence-electron chi connectivity index (χ4n) is 6.63. The van der Waals surface area contributed by atoms with Crippen LogP contribution in [0.25, 0.3) is 10.1 Å². The predicted octanol–water partition coefficient (Wildman–Crippen LogP) is 4.64. The van der Waals surface area contributed by atoms with Crippen molar-refractivity contribution in [2.24, 2.45) is 17.4 Å². The second-order valence-corrected chi connectivity index (χ2v) is 13.5. The first-order valence-electron chi connectivity index (χ1n) is 15.7. The number of nitrogen functional groups attached to an aromatic ring is 1. The monoisotopic (exact) mass is 646 g/mol. The van der Waals surface area contributed by atoms with Crippen LogP contribution in [0.5, 0.6) is 11.5 Å². The average Bonchev–Trinajstić information content (AvgIpc) is 3.82. The number of allylic oxidation sites excluding steroid dienone is 1. The fraction of sp³-hybridized carbons (Fsp3) is 0.278. The molecule has 1 aliphatic heterocycles. The maximum atomic E-state index is 14.2. The van der Waals surface area contributed by atoms with Crippen molar-refractivity contribution >= 4 is 44.7 Å². The first-order chi connectivity index (χ1) is 22.7. The normalized spacial score (nSPS) is 22.5. The maximum absolute atomic E-state index is 14.2. The summed E-state index contributed by atoms with van der Waals surface area (Å²) in [5.74, 6) is 0.276. The number of para-hydroxylation sites is 1. The number of ketones is 1. The summed E-state index contributed by atoms with van der Waals surface area (Å²) in [4.78, 5) is 43.2. The van der Waals surface area contributed by atoms with E-state index in [1.807, 2.05) is 36.4 Å². The number of amides is 2. The van der Waals surface area contributed by atoms with Crippen molar-refractivity contribution in [1.82, 2.24) is 10.2 Å². The van der Waals surface area contributed by atoms with Gasteiger partial charge in [0.1, 0.15) is 28.7 Å². The van der Waals surface area contributed by atoms with Crippen LogP contribution in [0.4, 0.5) is 5.69 Å². The summed E-state index contributed by atoms with van der Waals surface area (Å²) in [6, 6.07) is 20.3. The van der Waals surface area contributed by atoms with Gasteiger partial charge in [-0.1, -0.05) is 42.5 Å². The second kappa shape index (κ2) is 12.0. The van der Waals surface area contributed by atoms with Crippen LogP contribution in [0.3, 0.4) is 0 Å². The largest absolute Gasteiger partial charge is 0.457 e. The third-order valence-corrected chi connectivity index (χ3v) is 10.5. The van der Waals surface area contributed by atoms with Gasteiger partial charge in [-0.3, -0.25) is 14.4 Å². The second-order valence-electron chi connectivity index (χ2n) is 12.4. The molecule has 0 radical (unpaired) electrons. The van der Waals surface area contributed by atoms with Crippen LogP contribution in [0.2, 0.25) is 0 Å². The van der Waals surface area contributed by atoms with Gasteiger partial charge in [0.25, 0.3) is 11.8 Å². The summed E-state index contributed by atoms with van der Waals surface area (Å²) < 4.78 is 6.66. The molecule has 3 aromatic carbocycles. The molecule has 3 aliphatic rings. The minimum absolute atomic E-state index is 0.156. The van der Waals surface area contributed by atoms with E-state index in [0.717, 1.165) is 12.8 Å². The number of benzene rings is 3. The quantitative estimate of drug-likeness (QED) is 0.127. The van der Waals surface area contributed by atoms with Crippen LogP contribution in [0.15, 0.2) is 78.4 Å². The molecule has 3 atom stereocenters. The Balaban J connectivity index is 1.20. The lowest BCUT2D eigenvalue weighted by atomic mass is 9.70. The molecule has 10 nitrogen and oxygen atoms in total. The number of ether oxygens (including phenoxy) is 1. The number of carbonyl (C=O) groups is 3. The number of likely N-dealkylation sites (tertiary alicyclic amines) is 1. The van der Waals surface area contributed by atoms with Crippen LogP contribution >= 0.6 is 11.3 Å². The van der Waals surface area contributed by atoms with Gasteiger partial charge in [-0.05, 0) is 73.1 Å². The fourth-order valence-corrected chi connectivity index (χ4v) is 7.84. The summed E-state index contributed by atoms with van der Waals surface area (Å²) in [6.07, 6.45) is 5.08. The van der Waals surface area contributed by atoms with Crippen LogP contribution in [-0.2, 0) is 15.1 Å². The molecule has 2 amide bonds. The lowest BCUT2D eigenvalue weighted by Gasteiger charge is -2.37. The van der Waals surface area contributed by atoms with Gasteiger partial charge in [-0.15, -0.1) is 11.3 Å². The van der Waals surface area contributed by atoms with E-state index in [0.29, 0.717) is 69.3 Å². The zero-order valence-corrected chi connectivity index (χ0v) is 26.4. The number of anilines is 1. The summed E-state index contributed by atoms with van der Waals surface area (Å²) in [5, 5.41) is 13.2. The third kappa shape index (κ3) is 5.44. The van der Waals surface area contributed by atoms with Crippen molar-refractivity contribution in [2.75, 3.05) is 18.8 Å². The predicted molar refractivity (Wildman–Crippen MR) is 180 cm³/mol. The minimum Gasteiger partial charge on any atom is -0.457 e. The summed E-state index contributed by atoms with van der Waals surface area (Å²) >= 11 is 1.18. The van der Waals surface area contributed by atoms with Gasteiger partial charge in [0.15, 0.2) is 5.78 Å². The number of carbonyl (C=O) groups excluding carboxylic acids is 3. The number of hydrogen-bond acceptors (Lipinski definition) is 9. The Morgan fingerprint density at radius 3 is 2.57 bits per heavy atom. The number of rotatable bonds is 7. The van der Waals surface area contributed by atoms with E-state index in [-0.39, 0.29) is 28.9 Å². The highest BCUT2D eigenvalue weighted by Gasteiger charge is 2.49. The first-order valence-corrected chi connectivity index (χ1v) is 16.5. The van der Waals surface area contributed by atoms with E-state index in [1.165, 1.54) is 11.3 Å². The highest BCUT2D eigenvalue weighted by molar-refractivity contribution is 7.21. The standard InChI is InChI=1S/C36H34N6O4S/c37-18-21(16-20-11-12-20)35(45)42-15-5-7-23(19-42)41-34(44)32-29-28-26(13-14-27(38)31(28)47-32)36(40,33(43)30(29)39)22-6-4-10-25(17-22)46-24-8-2-1-3-9-24/h1-4,6,8-10,13-14,16-17,20,23,30H,5,7,11-12,15,19,38-40H2,(H,41,44)/b21-16+. The Hall–Kier alpha value is -5.02. The van der Waals surface area contributed by atoms with Gasteiger partial charge in [0, 0.05) is 35.8 Å². The maximum Gasteiger partial charge on any atom is 0.264 e. The Labute approximate surface area is 275 Å². The zero-order chi connectivity index (χ0) is 32.9. The van der Waals surface area contributed by atoms with Crippen LogP contribution in [0.1, 0.15) is 58.1 Å². The molecule has 238 valence electrons. The van der Waals surface area contributed by atoms with E-state index < -0.39 is 23.3 Å². The molecular weight excluding hydrogens is 613 g/mol. The van der Waals surface area contributed by atoms with Gasteiger partial charge in [0.05, 0.1) is 15.6 Å². The van der Waals surface area contributed by atoms with Crippen molar-refractivity contribution in [3.63, 3.8) is 0 Å². The lowest BCUT2D eigenvalue weighted by molar-refractivity contribution is -0.128. The Kier molecular flexibility index (Phi) is 7.80. The molecule has 0 bridgehead atoms. The summed E-state index contributed by atoms with van der Waals surface area (Å²) in [6.45, 7) is 0.790. The van der Waals surface area contributed by atoms with E-state index in [4.69, 9.17) is 21.9 Å². The number of nitrogens with one attached hydrogen (secondary N) is 1. The molecule has 2 fully saturated rings. The highest BCUT2D eigenvalue weighted by Crippen LogP contribution is 2.49. The average molecular weight is 647 g/mol. The van der Waals surface area contributed by atoms with E-state index in [9.17, 15) is 19.6 Å². The molecule has 1 aromatic heterocycles. The molecule has 2 aliphatic carbocycles. The van der Waals surface area contributed by atoms with Crippen LogP contribution in [-0.4, -0.2) is 41.6 Å². The zero-order valence-electron chi connectivity index (χ0n) is 25.6. The van der Waals surface area contributed by atoms with Crippen molar-refractivity contribution in [2.45, 2.75) is 43.3 Å². The molecule has 0 spiro atoms. The topological polar surface area (TPSA) is 178 Å². The van der Waals surface area contributed by atoms with Gasteiger partial charge in [-0.2, -0.15) is 5.26 Å². The van der Waals surface area contributed by atoms with E-state index in [1.54, 1.807) is 47.4 Å². The molecular formula is C36H34N6O4S. The van der Waals surface area contributed by atoms with E-state index >= 15 is 0 Å². The molecule has 7 N–H and O–H groups in total. The molecule has 4 aromatic rings. The summed E-state index contributed by atoms with van der Waals surface area (Å²) in [5.41, 5.74) is 20.6. The van der Waals surface area contributed by atoms with Gasteiger partial charge in [-0.25, -0.2) is 0 Å². The molecule has 1 saturated carbocycles. The number of nitriles is 1. The van der Waals surface area contributed by atoms with Crippen molar-refractivity contribution < 1.29 is 19.1 Å².